The molecule has 0 fully saturated rings. The van der Waals surface area contributed by atoms with Crippen molar-refractivity contribution in [3.05, 3.63) is 73.9 Å². The Hall–Kier alpha value is -2.39. The molecule has 0 radical (unpaired) electrons. The van der Waals surface area contributed by atoms with E-state index in [0.29, 0.717) is 10.5 Å². The Kier molecular flexibility index (Phi) is 8.73. The molecule has 2 aromatic rings. The highest BCUT2D eigenvalue weighted by atomic mass is 32.3. The molecule has 0 aliphatic heterocycles. The fraction of sp³-hybridized carbons (Fsp3) is 0.561. The third-order valence-electron chi connectivity index (χ3n) is 10.4. The first-order chi connectivity index (χ1) is 20.0. The van der Waals surface area contributed by atoms with Crippen molar-refractivity contribution in [2.45, 2.75) is 124 Å². The Morgan fingerprint density at radius 2 is 1.00 bits per heavy atom. The van der Waals surface area contributed by atoms with Crippen LogP contribution in [-0.4, -0.2) is 32.0 Å². The number of ether oxygens (including phenoxy) is 2. The Morgan fingerprint density at radius 1 is 0.591 bits per heavy atom. The highest BCUT2D eigenvalue weighted by Gasteiger charge is 2.44. The molecule has 0 spiro atoms. The standard InChI is InChI=1S/C41H60O2S/c1-23-19-29-30(37(23)44(17,18)38-26(4)24(2)25(3)27(38)5)22-33(41(12,13)14)36(43-16)34(29)28-20-31(39(6,7)8)35(42-15)32(21-28)40(9,10)11/h19-22,37-38H,1-18H3. The summed E-state index contributed by atoms with van der Waals surface area (Å²) in [7, 11) is 2.51. The Bertz CT molecular complexity index is 1530. The number of rotatable bonds is 5. The second kappa shape index (κ2) is 11.1. The maximum Gasteiger partial charge on any atom is 0.131 e. The predicted octanol–water partition coefficient (Wildman–Crippen LogP) is 11.8. The van der Waals surface area contributed by atoms with Gasteiger partial charge in [-0.1, -0.05) is 85.1 Å². The van der Waals surface area contributed by atoms with Gasteiger partial charge in [0.1, 0.15) is 11.5 Å². The van der Waals surface area contributed by atoms with Crippen molar-refractivity contribution in [3.63, 3.8) is 0 Å². The zero-order valence-corrected chi connectivity index (χ0v) is 32.0. The summed E-state index contributed by atoms with van der Waals surface area (Å²) >= 11 is 0. The lowest BCUT2D eigenvalue weighted by Crippen LogP contribution is -2.24. The van der Waals surface area contributed by atoms with E-state index in [1.54, 1.807) is 11.1 Å². The van der Waals surface area contributed by atoms with Crippen molar-refractivity contribution in [1.29, 1.82) is 0 Å². The van der Waals surface area contributed by atoms with Crippen LogP contribution in [0.25, 0.3) is 17.2 Å². The van der Waals surface area contributed by atoms with E-state index in [9.17, 15) is 0 Å². The molecule has 2 aliphatic rings. The Labute approximate surface area is 271 Å². The summed E-state index contributed by atoms with van der Waals surface area (Å²) in [6.07, 6.45) is 7.65. The van der Waals surface area contributed by atoms with Crippen molar-refractivity contribution in [3.8, 4) is 22.6 Å². The molecule has 242 valence electrons. The molecule has 2 aliphatic carbocycles. The minimum absolute atomic E-state index is 0.0893. The molecule has 0 saturated heterocycles. The summed E-state index contributed by atoms with van der Waals surface area (Å²) in [5, 5.41) is 0.866. The Morgan fingerprint density at radius 3 is 1.39 bits per heavy atom. The van der Waals surface area contributed by atoms with Crippen molar-refractivity contribution >= 4 is 16.1 Å². The third kappa shape index (κ3) is 5.50. The molecular weight excluding hydrogens is 557 g/mol. The maximum absolute atomic E-state index is 6.44. The van der Waals surface area contributed by atoms with Gasteiger partial charge in [0.15, 0.2) is 0 Å². The van der Waals surface area contributed by atoms with E-state index in [-0.39, 0.29) is 16.2 Å². The zero-order valence-electron chi connectivity index (χ0n) is 31.2. The van der Waals surface area contributed by atoms with Crippen LogP contribution in [0.3, 0.4) is 0 Å². The first-order valence-corrected chi connectivity index (χ1v) is 18.8. The second-order valence-corrected chi connectivity index (χ2v) is 20.9. The van der Waals surface area contributed by atoms with E-state index in [2.05, 4.69) is 134 Å². The van der Waals surface area contributed by atoms with Gasteiger partial charge in [0.2, 0.25) is 0 Å². The molecule has 1 atom stereocenters. The number of hydrogen-bond acceptors (Lipinski definition) is 2. The van der Waals surface area contributed by atoms with E-state index >= 15 is 0 Å². The van der Waals surface area contributed by atoms with Gasteiger partial charge >= 0.3 is 0 Å². The predicted molar refractivity (Wildman–Crippen MR) is 197 cm³/mol. The monoisotopic (exact) mass is 616 g/mol. The molecule has 2 aromatic carbocycles. The van der Waals surface area contributed by atoms with Crippen molar-refractivity contribution in [1.82, 2.24) is 0 Å². The summed E-state index contributed by atoms with van der Waals surface area (Å²) in [5.74, 6) is 2.00. The van der Waals surface area contributed by atoms with Gasteiger partial charge in [0, 0.05) is 32.8 Å². The van der Waals surface area contributed by atoms with Crippen LogP contribution >= 0.6 is 10.0 Å². The molecule has 3 heteroatoms. The zero-order chi connectivity index (χ0) is 33.5. The van der Waals surface area contributed by atoms with E-state index in [4.69, 9.17) is 9.47 Å². The molecule has 44 heavy (non-hydrogen) atoms. The van der Waals surface area contributed by atoms with Gasteiger partial charge in [-0.15, -0.1) is 0 Å². The normalized spacial score (nSPS) is 18.7. The minimum Gasteiger partial charge on any atom is -0.496 e. The lowest BCUT2D eigenvalue weighted by Gasteiger charge is -2.47. The molecule has 0 aromatic heterocycles. The van der Waals surface area contributed by atoms with E-state index in [1.807, 2.05) is 14.2 Å². The van der Waals surface area contributed by atoms with Gasteiger partial charge in [-0.25, -0.2) is 10.0 Å². The van der Waals surface area contributed by atoms with Gasteiger partial charge < -0.3 is 9.47 Å². The largest absolute Gasteiger partial charge is 0.496 e. The van der Waals surface area contributed by atoms with Crippen LogP contribution in [-0.2, 0) is 16.2 Å². The van der Waals surface area contributed by atoms with Crippen LogP contribution in [0.15, 0.2) is 46.1 Å². The Balaban J connectivity index is 2.15. The van der Waals surface area contributed by atoms with Crippen LogP contribution in [0.1, 0.15) is 130 Å². The lowest BCUT2D eigenvalue weighted by molar-refractivity contribution is 0.381. The summed E-state index contributed by atoms with van der Waals surface area (Å²) in [6, 6.07) is 7.28. The van der Waals surface area contributed by atoms with E-state index < -0.39 is 10.0 Å². The van der Waals surface area contributed by atoms with E-state index in [1.165, 1.54) is 55.7 Å². The van der Waals surface area contributed by atoms with Crippen molar-refractivity contribution in [2.75, 3.05) is 26.7 Å². The second-order valence-electron chi connectivity index (χ2n) is 16.9. The van der Waals surface area contributed by atoms with Gasteiger partial charge in [0.25, 0.3) is 0 Å². The quantitative estimate of drug-likeness (QED) is 0.333. The van der Waals surface area contributed by atoms with Gasteiger partial charge in [-0.05, 0) is 109 Å². The lowest BCUT2D eigenvalue weighted by atomic mass is 9.76. The maximum atomic E-state index is 6.44. The molecule has 4 rings (SSSR count). The minimum atomic E-state index is -1.16. The molecule has 0 saturated carbocycles. The van der Waals surface area contributed by atoms with Crippen LogP contribution in [0.2, 0.25) is 0 Å². The molecule has 0 bridgehead atoms. The number of benzene rings is 2. The third-order valence-corrected chi connectivity index (χ3v) is 14.1. The summed E-state index contributed by atoms with van der Waals surface area (Å²) in [6.45, 7) is 32.5. The summed E-state index contributed by atoms with van der Waals surface area (Å²) in [4.78, 5) is 0. The molecular formula is C41H60O2S. The topological polar surface area (TPSA) is 18.5 Å². The number of hydrogen-bond donors (Lipinski definition) is 0. The molecule has 0 amide bonds. The van der Waals surface area contributed by atoms with Gasteiger partial charge in [0.05, 0.1) is 14.2 Å². The highest BCUT2D eigenvalue weighted by Crippen LogP contribution is 2.69. The number of fused-ring (bicyclic) bond motifs is 1. The first kappa shape index (κ1) is 34.5. The van der Waals surface area contributed by atoms with E-state index in [0.717, 1.165) is 11.5 Å². The molecule has 0 N–H and O–H groups in total. The fourth-order valence-electron chi connectivity index (χ4n) is 7.95. The van der Waals surface area contributed by atoms with Crippen molar-refractivity contribution in [2.24, 2.45) is 0 Å². The van der Waals surface area contributed by atoms with Crippen LogP contribution in [0.4, 0.5) is 0 Å². The van der Waals surface area contributed by atoms with Gasteiger partial charge in [-0.2, -0.15) is 0 Å². The molecule has 0 heterocycles. The summed E-state index contributed by atoms with van der Waals surface area (Å²) in [5.41, 5.74) is 16.3. The number of methoxy groups -OCH3 is 2. The molecule has 2 nitrogen and oxygen atoms in total. The van der Waals surface area contributed by atoms with Crippen molar-refractivity contribution < 1.29 is 9.47 Å². The first-order valence-electron chi connectivity index (χ1n) is 16.2. The smallest absolute Gasteiger partial charge is 0.131 e. The highest BCUT2D eigenvalue weighted by molar-refractivity contribution is 8.33. The fourth-order valence-corrected chi connectivity index (χ4v) is 12.3. The SMILES string of the molecule is COc1c(C(C)(C)C)cc(-c2c3c(cc(C(C)(C)C)c2OC)C(S(C)(C)C2C(C)=C(C)C(C)=C2C)C(C)=C3)cc1C(C)(C)C. The average molecular weight is 617 g/mol. The summed E-state index contributed by atoms with van der Waals surface area (Å²) < 4.78 is 12.6. The number of allylic oxidation sites excluding steroid dienone is 2. The average Bonchev–Trinajstić information content (AvgIpc) is 3.33. The van der Waals surface area contributed by atoms with Crippen LogP contribution < -0.4 is 9.47 Å². The van der Waals surface area contributed by atoms with Gasteiger partial charge in [-0.3, -0.25) is 0 Å². The van der Waals surface area contributed by atoms with Crippen LogP contribution in [0.5, 0.6) is 11.5 Å². The van der Waals surface area contributed by atoms with Crippen LogP contribution in [0, 0.1) is 0 Å². The molecule has 1 unspecified atom stereocenters.